The van der Waals surface area contributed by atoms with Gasteiger partial charge in [-0.2, -0.15) is 0 Å². The predicted octanol–water partition coefficient (Wildman–Crippen LogP) is 3.85. The number of amides is 1. The van der Waals surface area contributed by atoms with Crippen LogP contribution < -0.4 is 5.32 Å². The van der Waals surface area contributed by atoms with Gasteiger partial charge in [-0.15, -0.1) is 11.3 Å². The van der Waals surface area contributed by atoms with Crippen LogP contribution >= 0.6 is 11.3 Å². The maximum absolute atomic E-state index is 12.1. The van der Waals surface area contributed by atoms with Gasteiger partial charge in [0.2, 0.25) is 0 Å². The maximum atomic E-state index is 12.1. The third kappa shape index (κ3) is 2.78. The number of thiophene rings is 1. The molecule has 3 aromatic rings. The fourth-order valence-corrected chi connectivity index (χ4v) is 2.90. The number of aromatic carboxylic acids is 1. The molecular weight excluding hydrogens is 286 g/mol. The lowest BCUT2D eigenvalue weighted by Gasteiger charge is -2.05. The van der Waals surface area contributed by atoms with Crippen LogP contribution in [0, 0.1) is 0 Å². The minimum Gasteiger partial charge on any atom is -0.477 e. The van der Waals surface area contributed by atoms with Crippen molar-refractivity contribution in [3.63, 3.8) is 0 Å². The van der Waals surface area contributed by atoms with Crippen LogP contribution in [0.25, 0.3) is 10.1 Å². The number of anilines is 1. The van der Waals surface area contributed by atoms with Gasteiger partial charge in [0, 0.05) is 16.0 Å². The van der Waals surface area contributed by atoms with Gasteiger partial charge in [-0.25, -0.2) is 4.79 Å². The summed E-state index contributed by atoms with van der Waals surface area (Å²) in [5.74, 6) is -1.13. The first-order chi connectivity index (χ1) is 10.1. The van der Waals surface area contributed by atoms with E-state index in [2.05, 4.69) is 5.32 Å². The molecular formula is C16H11NO3S. The highest BCUT2D eigenvalue weighted by Crippen LogP contribution is 2.28. The van der Waals surface area contributed by atoms with Crippen molar-refractivity contribution in [2.75, 3.05) is 5.32 Å². The number of carbonyl (C=O) groups excluding carboxylic acids is 1. The summed E-state index contributed by atoms with van der Waals surface area (Å²) in [5, 5.41) is 12.6. The van der Waals surface area contributed by atoms with E-state index in [1.807, 2.05) is 12.1 Å². The lowest BCUT2D eigenvalue weighted by atomic mass is 10.2. The van der Waals surface area contributed by atoms with Gasteiger partial charge in [0.15, 0.2) is 0 Å². The molecule has 3 rings (SSSR count). The van der Waals surface area contributed by atoms with Gasteiger partial charge in [-0.3, -0.25) is 4.79 Å². The molecule has 0 saturated heterocycles. The normalized spacial score (nSPS) is 10.5. The SMILES string of the molecule is O=C(Nc1ccc2sc(C(=O)O)cc2c1)c1ccccc1. The summed E-state index contributed by atoms with van der Waals surface area (Å²) in [7, 11) is 0. The van der Waals surface area contributed by atoms with Crippen molar-refractivity contribution in [2.24, 2.45) is 0 Å². The summed E-state index contributed by atoms with van der Waals surface area (Å²) in [6.07, 6.45) is 0. The largest absolute Gasteiger partial charge is 0.477 e. The van der Waals surface area contributed by atoms with Gasteiger partial charge in [-0.1, -0.05) is 18.2 Å². The van der Waals surface area contributed by atoms with Crippen molar-refractivity contribution in [3.05, 3.63) is 65.0 Å². The summed E-state index contributed by atoms with van der Waals surface area (Å²) in [5.41, 5.74) is 1.22. The Morgan fingerprint density at radius 3 is 2.48 bits per heavy atom. The van der Waals surface area contributed by atoms with E-state index >= 15 is 0 Å². The molecule has 1 aromatic heterocycles. The first-order valence-corrected chi connectivity index (χ1v) is 7.08. The molecule has 4 nitrogen and oxygen atoms in total. The smallest absolute Gasteiger partial charge is 0.345 e. The zero-order valence-corrected chi connectivity index (χ0v) is 11.7. The lowest BCUT2D eigenvalue weighted by molar-refractivity contribution is 0.0702. The third-order valence-corrected chi connectivity index (χ3v) is 4.13. The van der Waals surface area contributed by atoms with E-state index in [1.54, 1.807) is 42.5 Å². The standard InChI is InChI=1S/C16H11NO3S/c18-15(10-4-2-1-3-5-10)17-12-6-7-13-11(8-12)9-14(21-13)16(19)20/h1-9H,(H,17,18)(H,19,20). The Balaban J connectivity index is 1.87. The molecule has 0 aliphatic carbocycles. The summed E-state index contributed by atoms with van der Waals surface area (Å²) in [4.78, 5) is 23.3. The fourth-order valence-electron chi connectivity index (χ4n) is 2.02. The van der Waals surface area contributed by atoms with E-state index in [-0.39, 0.29) is 10.8 Å². The maximum Gasteiger partial charge on any atom is 0.345 e. The Labute approximate surface area is 124 Å². The van der Waals surface area contributed by atoms with Gasteiger partial charge in [0.1, 0.15) is 4.88 Å². The Hall–Kier alpha value is -2.66. The lowest BCUT2D eigenvalue weighted by Crippen LogP contribution is -2.11. The highest BCUT2D eigenvalue weighted by Gasteiger charge is 2.10. The second kappa shape index (κ2) is 5.38. The van der Waals surface area contributed by atoms with Crippen LogP contribution in [0.1, 0.15) is 20.0 Å². The van der Waals surface area contributed by atoms with Crippen LogP contribution in [0.15, 0.2) is 54.6 Å². The van der Waals surface area contributed by atoms with Crippen molar-refractivity contribution in [3.8, 4) is 0 Å². The van der Waals surface area contributed by atoms with E-state index in [4.69, 9.17) is 5.11 Å². The van der Waals surface area contributed by atoms with Gasteiger partial charge < -0.3 is 10.4 Å². The molecule has 0 bridgehead atoms. The van der Waals surface area contributed by atoms with Crippen molar-refractivity contribution >= 4 is 39.0 Å². The number of carbonyl (C=O) groups is 2. The first kappa shape index (κ1) is 13.3. The zero-order chi connectivity index (χ0) is 14.8. The number of nitrogens with one attached hydrogen (secondary N) is 1. The van der Waals surface area contributed by atoms with Gasteiger partial charge in [0.25, 0.3) is 5.91 Å². The molecule has 1 amide bonds. The highest BCUT2D eigenvalue weighted by atomic mass is 32.1. The summed E-state index contributed by atoms with van der Waals surface area (Å²) in [6, 6.07) is 15.9. The molecule has 2 N–H and O–H groups in total. The van der Waals surface area contributed by atoms with Gasteiger partial charge in [0.05, 0.1) is 0 Å². The molecule has 5 heteroatoms. The second-order valence-electron chi connectivity index (χ2n) is 4.49. The Kier molecular flexibility index (Phi) is 3.41. The number of hydrogen-bond acceptors (Lipinski definition) is 3. The fraction of sp³-hybridized carbons (Fsp3) is 0. The molecule has 0 aliphatic heterocycles. The predicted molar refractivity (Wildman–Crippen MR) is 83.2 cm³/mol. The van der Waals surface area contributed by atoms with Crippen LogP contribution in [0.5, 0.6) is 0 Å². The molecule has 1 heterocycles. The zero-order valence-electron chi connectivity index (χ0n) is 10.9. The molecule has 104 valence electrons. The monoisotopic (exact) mass is 297 g/mol. The third-order valence-electron chi connectivity index (χ3n) is 3.02. The molecule has 0 fully saturated rings. The molecule has 0 radical (unpaired) electrons. The van der Waals surface area contributed by atoms with Crippen LogP contribution in [-0.2, 0) is 0 Å². The average Bonchev–Trinajstić information content (AvgIpc) is 2.91. The summed E-state index contributed by atoms with van der Waals surface area (Å²) >= 11 is 1.22. The number of carboxylic acids is 1. The minimum absolute atomic E-state index is 0.191. The van der Waals surface area contributed by atoms with E-state index in [0.29, 0.717) is 11.3 Å². The summed E-state index contributed by atoms with van der Waals surface area (Å²) < 4.78 is 0.880. The average molecular weight is 297 g/mol. The minimum atomic E-state index is -0.939. The van der Waals surface area contributed by atoms with Crippen LogP contribution in [0.3, 0.4) is 0 Å². The van der Waals surface area contributed by atoms with Crippen LogP contribution in [0.4, 0.5) is 5.69 Å². The van der Waals surface area contributed by atoms with E-state index in [9.17, 15) is 9.59 Å². The molecule has 0 unspecified atom stereocenters. The number of benzene rings is 2. The topological polar surface area (TPSA) is 66.4 Å². The van der Waals surface area contributed by atoms with Crippen LogP contribution in [-0.4, -0.2) is 17.0 Å². The van der Waals surface area contributed by atoms with Crippen molar-refractivity contribution < 1.29 is 14.7 Å². The van der Waals surface area contributed by atoms with Crippen molar-refractivity contribution in [1.82, 2.24) is 0 Å². The number of hydrogen-bond donors (Lipinski definition) is 2. The molecule has 21 heavy (non-hydrogen) atoms. The molecule has 0 spiro atoms. The Morgan fingerprint density at radius 2 is 1.76 bits per heavy atom. The quantitative estimate of drug-likeness (QED) is 0.771. The molecule has 0 atom stereocenters. The van der Waals surface area contributed by atoms with E-state index < -0.39 is 5.97 Å². The number of fused-ring (bicyclic) bond motifs is 1. The molecule has 0 aliphatic rings. The number of carboxylic acid groups (broad SMARTS) is 1. The Morgan fingerprint density at radius 1 is 1.00 bits per heavy atom. The first-order valence-electron chi connectivity index (χ1n) is 6.27. The molecule has 2 aromatic carbocycles. The highest BCUT2D eigenvalue weighted by molar-refractivity contribution is 7.20. The van der Waals surface area contributed by atoms with Crippen LogP contribution in [0.2, 0.25) is 0 Å². The van der Waals surface area contributed by atoms with Gasteiger partial charge >= 0.3 is 5.97 Å². The van der Waals surface area contributed by atoms with Crippen molar-refractivity contribution in [1.29, 1.82) is 0 Å². The summed E-state index contributed by atoms with van der Waals surface area (Å²) in [6.45, 7) is 0. The van der Waals surface area contributed by atoms with E-state index in [0.717, 1.165) is 10.1 Å². The Bertz CT molecular complexity index is 824. The van der Waals surface area contributed by atoms with Crippen molar-refractivity contribution in [2.45, 2.75) is 0 Å². The second-order valence-corrected chi connectivity index (χ2v) is 5.57. The molecule has 0 saturated carbocycles. The number of rotatable bonds is 3. The van der Waals surface area contributed by atoms with Gasteiger partial charge in [-0.05, 0) is 41.8 Å². The van der Waals surface area contributed by atoms with E-state index in [1.165, 1.54) is 11.3 Å².